The molecule has 25 heavy (non-hydrogen) atoms. The van der Waals surface area contributed by atoms with Gasteiger partial charge in [-0.25, -0.2) is 0 Å². The second-order valence-corrected chi connectivity index (χ2v) is 5.96. The van der Waals surface area contributed by atoms with Gasteiger partial charge in [0.1, 0.15) is 0 Å². The van der Waals surface area contributed by atoms with Crippen molar-refractivity contribution in [2.45, 2.75) is 19.9 Å². The van der Waals surface area contributed by atoms with Gasteiger partial charge in [0.2, 0.25) is 5.91 Å². The highest BCUT2D eigenvalue weighted by molar-refractivity contribution is 5.92. The molecule has 1 heterocycles. The van der Waals surface area contributed by atoms with E-state index in [2.05, 4.69) is 18.2 Å². The molecule has 0 aromatic heterocycles. The maximum Gasteiger partial charge on any atom is 0.246 e. The van der Waals surface area contributed by atoms with Gasteiger partial charge < -0.3 is 14.4 Å². The van der Waals surface area contributed by atoms with E-state index >= 15 is 0 Å². The van der Waals surface area contributed by atoms with Crippen LogP contribution in [0.25, 0.3) is 6.08 Å². The minimum Gasteiger partial charge on any atom is -0.493 e. The largest absolute Gasteiger partial charge is 0.493 e. The van der Waals surface area contributed by atoms with Gasteiger partial charge in [0.25, 0.3) is 0 Å². The van der Waals surface area contributed by atoms with Crippen LogP contribution in [-0.2, 0) is 17.8 Å². The predicted octanol–water partition coefficient (Wildman–Crippen LogP) is 3.69. The molecule has 0 spiro atoms. The number of carbonyl (C=O) groups is 1. The lowest BCUT2D eigenvalue weighted by Gasteiger charge is -2.27. The van der Waals surface area contributed by atoms with Crippen molar-refractivity contribution in [1.29, 1.82) is 0 Å². The van der Waals surface area contributed by atoms with Crippen LogP contribution in [0.5, 0.6) is 11.5 Å². The fraction of sp³-hybridized carbons (Fsp3) is 0.286. The highest BCUT2D eigenvalue weighted by Crippen LogP contribution is 2.28. The molecular formula is C21H23NO3. The maximum absolute atomic E-state index is 12.5. The number of benzene rings is 2. The molecule has 4 nitrogen and oxygen atoms in total. The number of nitrogens with zero attached hydrogens (tertiary/aromatic N) is 1. The molecule has 2 aromatic carbocycles. The van der Waals surface area contributed by atoms with Crippen molar-refractivity contribution in [2.24, 2.45) is 0 Å². The van der Waals surface area contributed by atoms with Gasteiger partial charge in [-0.2, -0.15) is 0 Å². The van der Waals surface area contributed by atoms with Gasteiger partial charge >= 0.3 is 0 Å². The molecule has 0 saturated heterocycles. The van der Waals surface area contributed by atoms with Crippen molar-refractivity contribution in [3.8, 4) is 11.5 Å². The van der Waals surface area contributed by atoms with Crippen LogP contribution in [0.1, 0.15) is 23.6 Å². The summed E-state index contributed by atoms with van der Waals surface area (Å²) >= 11 is 0. The van der Waals surface area contributed by atoms with E-state index in [9.17, 15) is 4.79 Å². The molecule has 0 saturated carbocycles. The third kappa shape index (κ3) is 4.02. The molecule has 0 bridgehead atoms. The topological polar surface area (TPSA) is 38.8 Å². The van der Waals surface area contributed by atoms with E-state index < -0.39 is 0 Å². The van der Waals surface area contributed by atoms with Crippen LogP contribution in [-0.4, -0.2) is 31.1 Å². The number of ether oxygens (including phenoxy) is 2. The van der Waals surface area contributed by atoms with Crippen molar-refractivity contribution in [3.63, 3.8) is 0 Å². The molecule has 0 atom stereocenters. The molecule has 1 amide bonds. The highest BCUT2D eigenvalue weighted by atomic mass is 16.5. The zero-order chi connectivity index (χ0) is 17.6. The Morgan fingerprint density at radius 2 is 1.96 bits per heavy atom. The lowest BCUT2D eigenvalue weighted by atomic mass is 10.00. The fourth-order valence-corrected chi connectivity index (χ4v) is 3.02. The number of hydrogen-bond donors (Lipinski definition) is 0. The van der Waals surface area contributed by atoms with Gasteiger partial charge in [0.05, 0.1) is 13.7 Å². The van der Waals surface area contributed by atoms with Gasteiger partial charge in [-0.3, -0.25) is 4.79 Å². The molecule has 4 heteroatoms. The Bertz CT molecular complexity index is 782. The second-order valence-electron chi connectivity index (χ2n) is 5.96. The Hall–Kier alpha value is -2.75. The van der Waals surface area contributed by atoms with Crippen LogP contribution in [0.2, 0.25) is 0 Å². The quantitative estimate of drug-likeness (QED) is 0.781. The SMILES string of the molecule is CCOc1ccc(/C=C/C(=O)N2CCc3ccccc3C2)cc1OC. The summed E-state index contributed by atoms with van der Waals surface area (Å²) in [6.07, 6.45) is 4.36. The Labute approximate surface area is 148 Å². The summed E-state index contributed by atoms with van der Waals surface area (Å²) in [5.74, 6) is 1.41. The van der Waals surface area contributed by atoms with E-state index in [1.54, 1.807) is 13.2 Å². The molecule has 130 valence electrons. The molecule has 1 aliphatic heterocycles. The fourth-order valence-electron chi connectivity index (χ4n) is 3.02. The van der Waals surface area contributed by atoms with E-state index in [0.29, 0.717) is 24.7 Å². The third-order valence-corrected chi connectivity index (χ3v) is 4.35. The molecule has 3 rings (SSSR count). The van der Waals surface area contributed by atoms with Crippen molar-refractivity contribution in [3.05, 3.63) is 65.2 Å². The lowest BCUT2D eigenvalue weighted by Crippen LogP contribution is -2.34. The van der Waals surface area contributed by atoms with E-state index in [1.807, 2.05) is 42.2 Å². The molecule has 0 N–H and O–H groups in total. The van der Waals surface area contributed by atoms with Crippen molar-refractivity contribution in [2.75, 3.05) is 20.3 Å². The summed E-state index contributed by atoms with van der Waals surface area (Å²) in [4.78, 5) is 14.4. The summed E-state index contributed by atoms with van der Waals surface area (Å²) in [7, 11) is 1.61. The Balaban J connectivity index is 1.69. The highest BCUT2D eigenvalue weighted by Gasteiger charge is 2.18. The maximum atomic E-state index is 12.5. The van der Waals surface area contributed by atoms with E-state index in [1.165, 1.54) is 11.1 Å². The first-order chi connectivity index (χ1) is 12.2. The number of fused-ring (bicyclic) bond motifs is 1. The van der Waals surface area contributed by atoms with Crippen LogP contribution in [0.4, 0.5) is 0 Å². The first kappa shape index (κ1) is 17.1. The molecule has 2 aromatic rings. The number of methoxy groups -OCH3 is 1. The van der Waals surface area contributed by atoms with Crippen LogP contribution in [0.15, 0.2) is 48.5 Å². The molecule has 0 unspecified atom stereocenters. The Kier molecular flexibility index (Phi) is 5.39. The van der Waals surface area contributed by atoms with Crippen LogP contribution < -0.4 is 9.47 Å². The molecule has 0 radical (unpaired) electrons. The van der Waals surface area contributed by atoms with Gasteiger partial charge in [-0.1, -0.05) is 30.3 Å². The average Bonchev–Trinajstić information content (AvgIpc) is 2.66. The smallest absolute Gasteiger partial charge is 0.246 e. The van der Waals surface area contributed by atoms with Gasteiger partial charge in [0, 0.05) is 19.2 Å². The monoisotopic (exact) mass is 337 g/mol. The third-order valence-electron chi connectivity index (χ3n) is 4.35. The predicted molar refractivity (Wildman–Crippen MR) is 98.8 cm³/mol. The molecule has 0 fully saturated rings. The minimum absolute atomic E-state index is 0.0300. The lowest BCUT2D eigenvalue weighted by molar-refractivity contribution is -0.126. The summed E-state index contributed by atoms with van der Waals surface area (Å²) in [6.45, 7) is 3.95. The van der Waals surface area contributed by atoms with Crippen LogP contribution in [0.3, 0.4) is 0 Å². The first-order valence-electron chi connectivity index (χ1n) is 8.56. The van der Waals surface area contributed by atoms with Crippen LogP contribution in [0, 0.1) is 0 Å². The van der Waals surface area contributed by atoms with Gasteiger partial charge in [0.15, 0.2) is 11.5 Å². The number of rotatable bonds is 5. The minimum atomic E-state index is 0.0300. The van der Waals surface area contributed by atoms with Crippen LogP contribution >= 0.6 is 0 Å². The zero-order valence-electron chi connectivity index (χ0n) is 14.7. The first-order valence-corrected chi connectivity index (χ1v) is 8.56. The Morgan fingerprint density at radius 1 is 1.16 bits per heavy atom. The molecule has 1 aliphatic rings. The summed E-state index contributed by atoms with van der Waals surface area (Å²) < 4.78 is 10.9. The standard InChI is InChI=1S/C21H23NO3/c1-3-25-19-10-8-16(14-20(19)24-2)9-11-21(23)22-13-12-17-6-4-5-7-18(17)15-22/h4-11,14H,3,12-13,15H2,1-2H3/b11-9+. The van der Waals surface area contributed by atoms with Crippen molar-refractivity contribution < 1.29 is 14.3 Å². The Morgan fingerprint density at radius 3 is 2.72 bits per heavy atom. The van der Waals surface area contributed by atoms with Crippen molar-refractivity contribution >= 4 is 12.0 Å². The number of amides is 1. The normalized spacial score (nSPS) is 13.6. The van der Waals surface area contributed by atoms with Gasteiger partial charge in [-0.15, -0.1) is 0 Å². The molecular weight excluding hydrogens is 314 g/mol. The number of carbonyl (C=O) groups excluding carboxylic acids is 1. The number of hydrogen-bond acceptors (Lipinski definition) is 3. The second kappa shape index (κ2) is 7.88. The summed E-state index contributed by atoms with van der Waals surface area (Å²) in [6, 6.07) is 14.0. The molecule has 0 aliphatic carbocycles. The van der Waals surface area contributed by atoms with E-state index in [-0.39, 0.29) is 5.91 Å². The van der Waals surface area contributed by atoms with Gasteiger partial charge in [-0.05, 0) is 48.2 Å². The van der Waals surface area contributed by atoms with Crippen molar-refractivity contribution in [1.82, 2.24) is 4.90 Å². The average molecular weight is 337 g/mol. The van der Waals surface area contributed by atoms with E-state index in [4.69, 9.17) is 9.47 Å². The van der Waals surface area contributed by atoms with E-state index in [0.717, 1.165) is 18.5 Å². The summed E-state index contributed by atoms with van der Waals surface area (Å²) in [5.41, 5.74) is 3.48. The summed E-state index contributed by atoms with van der Waals surface area (Å²) in [5, 5.41) is 0. The zero-order valence-corrected chi connectivity index (χ0v) is 14.7.